The van der Waals surface area contributed by atoms with Crippen LogP contribution in [0.3, 0.4) is 0 Å². The molecule has 5 nitrogen and oxygen atoms in total. The topological polar surface area (TPSA) is 81.4 Å². The molecule has 2 atom stereocenters. The average Bonchev–Trinajstić information content (AvgIpc) is 2.83. The van der Waals surface area contributed by atoms with Gasteiger partial charge in [-0.3, -0.25) is 0 Å². The van der Waals surface area contributed by atoms with Gasteiger partial charge in [0, 0.05) is 12.5 Å². The summed E-state index contributed by atoms with van der Waals surface area (Å²) in [6.07, 6.45) is 0.287. The maximum absolute atomic E-state index is 11.1. The first-order valence-electron chi connectivity index (χ1n) is 5.60. The first-order chi connectivity index (χ1) is 8.65. The first-order valence-corrected chi connectivity index (χ1v) is 5.60. The van der Waals surface area contributed by atoms with Crippen molar-refractivity contribution >= 4 is 12.4 Å². The summed E-state index contributed by atoms with van der Waals surface area (Å²) in [7, 11) is 0. The van der Waals surface area contributed by atoms with Crippen LogP contribution in [0.4, 0.5) is 4.79 Å². The zero-order valence-corrected chi connectivity index (χ0v) is 9.61. The number of nitriles is 1. The van der Waals surface area contributed by atoms with Crippen LogP contribution in [0.5, 0.6) is 0 Å². The summed E-state index contributed by atoms with van der Waals surface area (Å²) in [6.45, 7) is 0.240. The van der Waals surface area contributed by atoms with Gasteiger partial charge in [0.15, 0.2) is 0 Å². The van der Waals surface area contributed by atoms with Crippen molar-refractivity contribution in [2.75, 3.05) is 6.54 Å². The SMILES string of the molecule is N#Cc1ccc(C2CC(C=O)CN2C(=O)O)cc1. The molecule has 0 radical (unpaired) electrons. The summed E-state index contributed by atoms with van der Waals surface area (Å²) in [5.41, 5.74) is 1.35. The summed E-state index contributed by atoms with van der Waals surface area (Å²) >= 11 is 0. The van der Waals surface area contributed by atoms with E-state index in [4.69, 9.17) is 10.4 Å². The maximum atomic E-state index is 11.1. The minimum absolute atomic E-state index is 0.240. The minimum Gasteiger partial charge on any atom is -0.465 e. The second-order valence-electron chi connectivity index (χ2n) is 4.32. The lowest BCUT2D eigenvalue weighted by Crippen LogP contribution is -2.29. The molecule has 2 rings (SSSR count). The van der Waals surface area contributed by atoms with Crippen LogP contribution in [0.15, 0.2) is 24.3 Å². The van der Waals surface area contributed by atoms with E-state index in [9.17, 15) is 9.59 Å². The largest absolute Gasteiger partial charge is 0.465 e. The Hall–Kier alpha value is -2.35. The van der Waals surface area contributed by atoms with E-state index in [1.54, 1.807) is 24.3 Å². The Morgan fingerprint density at radius 3 is 2.61 bits per heavy atom. The number of benzene rings is 1. The molecule has 1 aliphatic heterocycles. The molecule has 1 fully saturated rings. The first kappa shape index (κ1) is 12.1. The van der Waals surface area contributed by atoms with Crippen molar-refractivity contribution in [2.24, 2.45) is 5.92 Å². The fraction of sp³-hybridized carbons (Fsp3) is 0.308. The molecule has 92 valence electrons. The Kier molecular flexibility index (Phi) is 3.28. The van der Waals surface area contributed by atoms with E-state index in [2.05, 4.69) is 0 Å². The van der Waals surface area contributed by atoms with Crippen LogP contribution in [0.1, 0.15) is 23.6 Å². The highest BCUT2D eigenvalue weighted by Crippen LogP contribution is 2.34. The molecule has 1 N–H and O–H groups in total. The summed E-state index contributed by atoms with van der Waals surface area (Å²) in [6, 6.07) is 8.51. The monoisotopic (exact) mass is 244 g/mol. The van der Waals surface area contributed by atoms with Gasteiger partial charge in [-0.15, -0.1) is 0 Å². The van der Waals surface area contributed by atoms with Crippen LogP contribution in [0.25, 0.3) is 0 Å². The van der Waals surface area contributed by atoms with Gasteiger partial charge in [0.2, 0.25) is 0 Å². The summed E-state index contributed by atoms with van der Waals surface area (Å²) < 4.78 is 0. The van der Waals surface area contributed by atoms with Gasteiger partial charge in [-0.25, -0.2) is 4.79 Å². The van der Waals surface area contributed by atoms with Crippen molar-refractivity contribution in [1.82, 2.24) is 4.90 Å². The molecule has 0 aliphatic carbocycles. The van der Waals surface area contributed by atoms with E-state index in [-0.39, 0.29) is 18.5 Å². The fourth-order valence-electron chi connectivity index (χ4n) is 2.27. The average molecular weight is 244 g/mol. The molecule has 0 aromatic heterocycles. The van der Waals surface area contributed by atoms with Crippen molar-refractivity contribution in [1.29, 1.82) is 5.26 Å². The van der Waals surface area contributed by atoms with Gasteiger partial charge in [0.25, 0.3) is 0 Å². The van der Waals surface area contributed by atoms with Crippen molar-refractivity contribution in [3.05, 3.63) is 35.4 Å². The van der Waals surface area contributed by atoms with Crippen LogP contribution in [-0.2, 0) is 4.79 Å². The number of aldehydes is 1. The van der Waals surface area contributed by atoms with Crippen molar-refractivity contribution < 1.29 is 14.7 Å². The van der Waals surface area contributed by atoms with Crippen LogP contribution in [0, 0.1) is 17.2 Å². The van der Waals surface area contributed by atoms with E-state index in [0.717, 1.165) is 11.8 Å². The Morgan fingerprint density at radius 1 is 1.44 bits per heavy atom. The number of likely N-dealkylation sites (tertiary alicyclic amines) is 1. The van der Waals surface area contributed by atoms with E-state index in [1.165, 1.54) is 4.90 Å². The molecule has 0 saturated carbocycles. The molecule has 1 saturated heterocycles. The lowest BCUT2D eigenvalue weighted by Gasteiger charge is -2.21. The lowest BCUT2D eigenvalue weighted by atomic mass is 10.00. The fourth-order valence-corrected chi connectivity index (χ4v) is 2.27. The number of carbonyl (C=O) groups is 2. The summed E-state index contributed by atoms with van der Waals surface area (Å²) in [5, 5.41) is 17.8. The molecule has 1 heterocycles. The summed E-state index contributed by atoms with van der Waals surface area (Å²) in [4.78, 5) is 23.2. The molecule has 0 spiro atoms. The van der Waals surface area contributed by atoms with E-state index < -0.39 is 6.09 Å². The van der Waals surface area contributed by atoms with E-state index >= 15 is 0 Å². The van der Waals surface area contributed by atoms with Gasteiger partial charge < -0.3 is 14.8 Å². The van der Waals surface area contributed by atoms with Gasteiger partial charge in [-0.2, -0.15) is 5.26 Å². The third-order valence-electron chi connectivity index (χ3n) is 3.20. The molecule has 1 aromatic carbocycles. The number of amides is 1. The summed E-state index contributed by atoms with van der Waals surface area (Å²) in [5.74, 6) is -0.248. The normalized spacial score (nSPS) is 22.5. The minimum atomic E-state index is -1.02. The molecule has 1 amide bonds. The Bertz CT molecular complexity index is 504. The highest BCUT2D eigenvalue weighted by Gasteiger charge is 2.35. The van der Waals surface area contributed by atoms with Gasteiger partial charge in [-0.05, 0) is 24.1 Å². The third-order valence-corrected chi connectivity index (χ3v) is 3.20. The lowest BCUT2D eigenvalue weighted by molar-refractivity contribution is -0.110. The molecule has 18 heavy (non-hydrogen) atoms. The predicted octanol–water partition coefficient (Wildman–Crippen LogP) is 1.80. The van der Waals surface area contributed by atoms with Crippen molar-refractivity contribution in [3.63, 3.8) is 0 Å². The van der Waals surface area contributed by atoms with Gasteiger partial charge in [-0.1, -0.05) is 12.1 Å². The number of hydrogen-bond acceptors (Lipinski definition) is 3. The molecule has 0 bridgehead atoms. The molecular formula is C13H12N2O3. The van der Waals surface area contributed by atoms with Crippen LogP contribution in [-0.4, -0.2) is 28.9 Å². The second kappa shape index (κ2) is 4.88. The molecule has 5 heteroatoms. The smallest absolute Gasteiger partial charge is 0.407 e. The third kappa shape index (κ3) is 2.18. The van der Waals surface area contributed by atoms with E-state index in [1.807, 2.05) is 6.07 Å². The molecule has 2 unspecified atom stereocenters. The Morgan fingerprint density at radius 2 is 2.11 bits per heavy atom. The quantitative estimate of drug-likeness (QED) is 0.804. The van der Waals surface area contributed by atoms with Crippen molar-refractivity contribution in [2.45, 2.75) is 12.5 Å². The van der Waals surface area contributed by atoms with Crippen LogP contribution in [0.2, 0.25) is 0 Å². The van der Waals surface area contributed by atoms with Gasteiger partial charge >= 0.3 is 6.09 Å². The maximum Gasteiger partial charge on any atom is 0.407 e. The van der Waals surface area contributed by atoms with Gasteiger partial charge in [0.1, 0.15) is 6.29 Å². The number of carbonyl (C=O) groups excluding carboxylic acids is 1. The van der Waals surface area contributed by atoms with E-state index in [0.29, 0.717) is 12.0 Å². The number of rotatable bonds is 2. The predicted molar refractivity (Wildman–Crippen MR) is 62.8 cm³/mol. The Labute approximate surface area is 104 Å². The number of hydrogen-bond donors (Lipinski definition) is 1. The highest BCUT2D eigenvalue weighted by atomic mass is 16.4. The molecule has 1 aromatic rings. The van der Waals surface area contributed by atoms with Gasteiger partial charge in [0.05, 0.1) is 17.7 Å². The standard InChI is InChI=1S/C13H12N2O3/c14-6-9-1-3-11(4-2-9)12-5-10(8-16)7-15(12)13(17)18/h1-4,8,10,12H,5,7H2,(H,17,18). The zero-order valence-electron chi connectivity index (χ0n) is 9.61. The molecule has 1 aliphatic rings. The Balaban J connectivity index is 2.27. The zero-order chi connectivity index (χ0) is 13.1. The second-order valence-corrected chi connectivity index (χ2v) is 4.32. The molecular weight excluding hydrogens is 232 g/mol. The number of carboxylic acid groups (broad SMARTS) is 1. The highest BCUT2D eigenvalue weighted by molar-refractivity contribution is 5.68. The number of nitrogens with zero attached hydrogens (tertiary/aromatic N) is 2. The van der Waals surface area contributed by atoms with Crippen molar-refractivity contribution in [3.8, 4) is 6.07 Å². The van der Waals surface area contributed by atoms with Crippen LogP contribution < -0.4 is 0 Å². The van der Waals surface area contributed by atoms with Crippen LogP contribution >= 0.6 is 0 Å².